The highest BCUT2D eigenvalue weighted by Gasteiger charge is 2.20. The molecule has 0 unspecified atom stereocenters. The molecule has 7 nitrogen and oxygen atoms in total. The average molecular weight is 443 g/mol. The molecule has 0 aliphatic carbocycles. The lowest BCUT2D eigenvalue weighted by Gasteiger charge is -2.07. The molecule has 4 heterocycles. The van der Waals surface area contributed by atoms with Gasteiger partial charge < -0.3 is 4.52 Å². The minimum Gasteiger partial charge on any atom is -0.360 e. The summed E-state index contributed by atoms with van der Waals surface area (Å²) in [6.07, 6.45) is 0. The minimum atomic E-state index is -0.0728. The first-order valence-electron chi connectivity index (χ1n) is 9.44. The van der Waals surface area contributed by atoms with Crippen molar-refractivity contribution in [2.75, 3.05) is 5.75 Å². The molecule has 0 N–H and O–H groups in total. The van der Waals surface area contributed by atoms with Crippen molar-refractivity contribution in [1.82, 2.24) is 19.3 Å². The molecule has 0 spiro atoms. The van der Waals surface area contributed by atoms with E-state index in [0.717, 1.165) is 26.7 Å². The van der Waals surface area contributed by atoms with E-state index in [2.05, 4.69) is 10.1 Å². The highest BCUT2D eigenvalue weighted by Crippen LogP contribution is 2.29. The quantitative estimate of drug-likeness (QED) is 0.260. The fraction of sp³-hybridized carbons (Fsp3) is 0.333. The number of thiophene rings is 1. The molecule has 0 amide bonds. The van der Waals surface area contributed by atoms with E-state index in [9.17, 15) is 9.59 Å². The number of carbonyl (C=O) groups excluding carboxylic acids is 1. The van der Waals surface area contributed by atoms with Gasteiger partial charge in [0.25, 0.3) is 5.56 Å². The number of carbonyl (C=O) groups is 1. The van der Waals surface area contributed by atoms with Crippen molar-refractivity contribution in [2.24, 2.45) is 7.05 Å². The summed E-state index contributed by atoms with van der Waals surface area (Å²) in [5, 5.41) is 5.27. The van der Waals surface area contributed by atoms with Crippen molar-refractivity contribution in [1.29, 1.82) is 0 Å². The monoisotopic (exact) mass is 442 g/mol. The molecule has 0 saturated carbocycles. The molecule has 9 heteroatoms. The van der Waals surface area contributed by atoms with Crippen LogP contribution in [0.15, 0.2) is 26.6 Å². The third-order valence-electron chi connectivity index (χ3n) is 5.28. The Hall–Kier alpha value is -2.65. The molecule has 0 bridgehead atoms. The number of ketones is 1. The third kappa shape index (κ3) is 3.31. The van der Waals surface area contributed by atoms with Crippen molar-refractivity contribution in [2.45, 2.75) is 39.8 Å². The van der Waals surface area contributed by atoms with Gasteiger partial charge in [-0.1, -0.05) is 16.9 Å². The summed E-state index contributed by atoms with van der Waals surface area (Å²) in [4.78, 5) is 32.2. The van der Waals surface area contributed by atoms with Crippen LogP contribution in [0.3, 0.4) is 0 Å². The van der Waals surface area contributed by atoms with Gasteiger partial charge in [-0.15, -0.1) is 11.3 Å². The Kier molecular flexibility index (Phi) is 5.19. The molecule has 156 valence electrons. The van der Waals surface area contributed by atoms with E-state index < -0.39 is 0 Å². The van der Waals surface area contributed by atoms with Crippen molar-refractivity contribution in [3.8, 4) is 5.82 Å². The largest absolute Gasteiger partial charge is 0.360 e. The van der Waals surface area contributed by atoms with Crippen LogP contribution in [0, 0.1) is 34.6 Å². The normalized spacial score (nSPS) is 11.5. The van der Waals surface area contributed by atoms with Gasteiger partial charge in [-0.3, -0.25) is 18.7 Å². The molecule has 0 aliphatic rings. The zero-order valence-corrected chi connectivity index (χ0v) is 19.3. The Morgan fingerprint density at radius 1 is 1.20 bits per heavy atom. The van der Waals surface area contributed by atoms with Crippen molar-refractivity contribution >= 4 is 39.1 Å². The third-order valence-corrected chi connectivity index (χ3v) is 7.41. The lowest BCUT2D eigenvalue weighted by Crippen LogP contribution is -2.20. The maximum atomic E-state index is 13.0. The summed E-state index contributed by atoms with van der Waals surface area (Å²) < 4.78 is 8.61. The number of hydrogen-bond donors (Lipinski definition) is 0. The number of thioether (sulfide) groups is 1. The van der Waals surface area contributed by atoms with Gasteiger partial charge >= 0.3 is 0 Å². The molecular weight excluding hydrogens is 420 g/mol. The molecular formula is C21H22N4O3S2. The van der Waals surface area contributed by atoms with Gasteiger partial charge in [0.1, 0.15) is 10.6 Å². The Morgan fingerprint density at radius 3 is 2.60 bits per heavy atom. The summed E-state index contributed by atoms with van der Waals surface area (Å²) in [7, 11) is 1.70. The van der Waals surface area contributed by atoms with Crippen molar-refractivity contribution in [3.05, 3.63) is 55.6 Å². The predicted octanol–water partition coefficient (Wildman–Crippen LogP) is 4.29. The van der Waals surface area contributed by atoms with E-state index in [1.54, 1.807) is 7.05 Å². The van der Waals surface area contributed by atoms with Crippen LogP contribution in [-0.2, 0) is 7.05 Å². The van der Waals surface area contributed by atoms with Crippen LogP contribution in [0.2, 0.25) is 0 Å². The van der Waals surface area contributed by atoms with Crippen molar-refractivity contribution in [3.63, 3.8) is 0 Å². The summed E-state index contributed by atoms with van der Waals surface area (Å²) in [6.45, 7) is 9.59. The second-order valence-electron chi connectivity index (χ2n) is 7.35. The van der Waals surface area contributed by atoms with Gasteiger partial charge in [0.05, 0.1) is 11.1 Å². The van der Waals surface area contributed by atoms with E-state index in [-0.39, 0.29) is 17.1 Å². The van der Waals surface area contributed by atoms with Crippen molar-refractivity contribution < 1.29 is 9.32 Å². The van der Waals surface area contributed by atoms with Crippen LogP contribution in [-0.4, -0.2) is 30.8 Å². The molecule has 0 aliphatic heterocycles. The second-order valence-corrected chi connectivity index (χ2v) is 9.50. The Bertz CT molecular complexity index is 1360. The van der Waals surface area contributed by atoms with E-state index in [0.29, 0.717) is 27.7 Å². The molecule has 4 rings (SSSR count). The summed E-state index contributed by atoms with van der Waals surface area (Å²) in [6, 6.07) is 3.70. The van der Waals surface area contributed by atoms with E-state index in [1.165, 1.54) is 27.7 Å². The minimum absolute atomic E-state index is 0.0209. The van der Waals surface area contributed by atoms with Crippen LogP contribution < -0.4 is 5.56 Å². The maximum absolute atomic E-state index is 13.0. The van der Waals surface area contributed by atoms with E-state index >= 15 is 0 Å². The molecule has 30 heavy (non-hydrogen) atoms. The Labute approximate surface area is 181 Å². The lowest BCUT2D eigenvalue weighted by atomic mass is 10.2. The Balaban J connectivity index is 1.62. The lowest BCUT2D eigenvalue weighted by molar-refractivity contribution is 0.102. The van der Waals surface area contributed by atoms with Crippen LogP contribution in [0.25, 0.3) is 16.0 Å². The highest BCUT2D eigenvalue weighted by atomic mass is 32.2. The van der Waals surface area contributed by atoms with Gasteiger partial charge in [0, 0.05) is 34.9 Å². The van der Waals surface area contributed by atoms with Crippen LogP contribution >= 0.6 is 23.1 Å². The molecule has 0 aromatic carbocycles. The molecule has 0 fully saturated rings. The number of nitrogens with zero attached hydrogens (tertiary/aromatic N) is 4. The predicted molar refractivity (Wildman–Crippen MR) is 119 cm³/mol. The van der Waals surface area contributed by atoms with Gasteiger partial charge in [-0.25, -0.2) is 4.98 Å². The number of rotatable bonds is 5. The van der Waals surface area contributed by atoms with Gasteiger partial charge in [-0.05, 0) is 46.2 Å². The number of hydrogen-bond acceptors (Lipinski definition) is 7. The number of fused-ring (bicyclic) bond motifs is 1. The second kappa shape index (κ2) is 7.55. The molecule has 0 radical (unpaired) electrons. The fourth-order valence-electron chi connectivity index (χ4n) is 3.55. The number of aryl methyl sites for hydroxylation is 4. The van der Waals surface area contributed by atoms with E-state index in [1.807, 2.05) is 51.3 Å². The van der Waals surface area contributed by atoms with Crippen LogP contribution in [0.1, 0.15) is 37.9 Å². The molecule has 4 aromatic heterocycles. The topological polar surface area (TPSA) is 82.9 Å². The standard InChI is InChI=1S/C21H22N4O3S2/c1-10-7-15(13(4)25(10)17-8-11(2)28-23-17)16(26)9-29-21-22-19-18(20(27)24(21)6)12(3)14(5)30-19/h7-8H,9H2,1-6H3. The first kappa shape index (κ1) is 20.6. The van der Waals surface area contributed by atoms with Gasteiger partial charge in [-0.2, -0.15) is 0 Å². The number of aromatic nitrogens is 4. The first-order valence-corrected chi connectivity index (χ1v) is 11.2. The zero-order chi connectivity index (χ0) is 21.7. The zero-order valence-electron chi connectivity index (χ0n) is 17.7. The van der Waals surface area contributed by atoms with E-state index in [4.69, 9.17) is 4.52 Å². The molecule has 4 aromatic rings. The van der Waals surface area contributed by atoms with Gasteiger partial charge in [0.15, 0.2) is 16.8 Å². The molecule has 0 atom stereocenters. The summed E-state index contributed by atoms with van der Waals surface area (Å²) >= 11 is 2.80. The molecule has 0 saturated heterocycles. The number of Topliss-reactive ketones (excluding diaryl/α,β-unsaturated/α-hetero) is 1. The smallest absolute Gasteiger partial charge is 0.262 e. The highest BCUT2D eigenvalue weighted by molar-refractivity contribution is 7.99. The van der Waals surface area contributed by atoms with Crippen LogP contribution in [0.4, 0.5) is 0 Å². The SMILES string of the molecule is Cc1cc(-n2c(C)cc(C(=O)CSc3nc4sc(C)c(C)c4c(=O)n3C)c2C)no1. The average Bonchev–Trinajstić information content (AvgIpc) is 3.33. The first-order chi connectivity index (χ1) is 14.2. The maximum Gasteiger partial charge on any atom is 0.262 e. The summed E-state index contributed by atoms with van der Waals surface area (Å²) in [5.41, 5.74) is 3.26. The fourth-order valence-corrected chi connectivity index (χ4v) is 5.47. The van der Waals surface area contributed by atoms with Gasteiger partial charge in [0.2, 0.25) is 0 Å². The summed E-state index contributed by atoms with van der Waals surface area (Å²) in [5.74, 6) is 1.54. The Morgan fingerprint density at radius 2 is 1.93 bits per heavy atom. The van der Waals surface area contributed by atoms with Crippen LogP contribution in [0.5, 0.6) is 0 Å².